The SMILES string of the molecule is CCC(CC(=O)OC)(NS(=O)C(C)(C)C)c1cccc(C(F)(F)F)c1. The van der Waals surface area contributed by atoms with Gasteiger partial charge >= 0.3 is 12.1 Å². The maximum Gasteiger partial charge on any atom is 0.416 e. The fraction of sp³-hybridized carbons (Fsp3) is 0.588. The molecule has 1 aromatic rings. The molecule has 0 aliphatic carbocycles. The lowest BCUT2D eigenvalue weighted by atomic mass is 9.84. The van der Waals surface area contributed by atoms with E-state index in [0.29, 0.717) is 0 Å². The minimum Gasteiger partial charge on any atom is -0.469 e. The Kier molecular flexibility index (Phi) is 6.81. The van der Waals surface area contributed by atoms with Crippen molar-refractivity contribution in [2.45, 2.75) is 57.0 Å². The Hall–Kier alpha value is -1.41. The summed E-state index contributed by atoms with van der Waals surface area (Å²) in [7, 11) is -0.388. The average molecular weight is 379 g/mol. The van der Waals surface area contributed by atoms with Crippen LogP contribution in [0.5, 0.6) is 0 Å². The van der Waals surface area contributed by atoms with Gasteiger partial charge in [0.25, 0.3) is 0 Å². The van der Waals surface area contributed by atoms with Gasteiger partial charge in [0.1, 0.15) is 0 Å². The summed E-state index contributed by atoms with van der Waals surface area (Å²) in [6, 6.07) is 4.72. The van der Waals surface area contributed by atoms with Crippen molar-refractivity contribution in [2.75, 3.05) is 7.11 Å². The van der Waals surface area contributed by atoms with Crippen molar-refractivity contribution in [1.29, 1.82) is 0 Å². The van der Waals surface area contributed by atoms with E-state index >= 15 is 0 Å². The van der Waals surface area contributed by atoms with E-state index in [1.165, 1.54) is 19.2 Å². The maximum atomic E-state index is 13.1. The number of halogens is 3. The zero-order valence-corrected chi connectivity index (χ0v) is 15.8. The fourth-order valence-electron chi connectivity index (χ4n) is 2.24. The molecule has 0 aromatic heterocycles. The van der Waals surface area contributed by atoms with E-state index in [1.807, 2.05) is 0 Å². The number of hydrogen-bond acceptors (Lipinski definition) is 3. The molecule has 142 valence electrons. The molecule has 0 aliphatic rings. The minimum absolute atomic E-state index is 0.233. The Morgan fingerprint density at radius 3 is 2.20 bits per heavy atom. The van der Waals surface area contributed by atoms with Crippen LogP contribution in [-0.2, 0) is 32.2 Å². The van der Waals surface area contributed by atoms with Gasteiger partial charge in [-0.2, -0.15) is 13.2 Å². The van der Waals surface area contributed by atoms with E-state index in [2.05, 4.69) is 4.72 Å². The number of carbonyl (C=O) groups excluding carboxylic acids is 1. The third-order valence-corrected chi connectivity index (χ3v) is 5.55. The Morgan fingerprint density at radius 2 is 1.76 bits per heavy atom. The minimum atomic E-state index is -4.51. The molecule has 0 saturated heterocycles. The van der Waals surface area contributed by atoms with Crippen LogP contribution in [-0.4, -0.2) is 22.0 Å². The second-order valence-corrected chi connectivity index (χ2v) is 8.72. The standard InChI is InChI=1S/C17H24F3NO3S/c1-6-16(11-14(22)24-5,21-25(23)15(2,3)4)12-8-7-9-13(10-12)17(18,19)20/h7-10,21H,6,11H2,1-5H3. The highest BCUT2D eigenvalue weighted by Crippen LogP contribution is 2.36. The molecule has 4 nitrogen and oxygen atoms in total. The molecule has 1 N–H and O–H groups in total. The van der Waals surface area contributed by atoms with E-state index < -0.39 is 39.0 Å². The third-order valence-electron chi connectivity index (χ3n) is 3.86. The molecule has 0 bridgehead atoms. The highest BCUT2D eigenvalue weighted by Gasteiger charge is 2.39. The monoisotopic (exact) mass is 379 g/mol. The van der Waals surface area contributed by atoms with Gasteiger partial charge in [-0.1, -0.05) is 19.1 Å². The Labute approximate surface area is 148 Å². The molecule has 1 aromatic carbocycles. The van der Waals surface area contributed by atoms with Crippen molar-refractivity contribution in [1.82, 2.24) is 4.72 Å². The van der Waals surface area contributed by atoms with Gasteiger partial charge in [-0.25, -0.2) is 8.93 Å². The van der Waals surface area contributed by atoms with Gasteiger partial charge in [-0.15, -0.1) is 0 Å². The van der Waals surface area contributed by atoms with Crippen LogP contribution in [0.2, 0.25) is 0 Å². The first kappa shape index (κ1) is 21.6. The quantitative estimate of drug-likeness (QED) is 0.762. The lowest BCUT2D eigenvalue weighted by Gasteiger charge is -2.36. The molecule has 25 heavy (non-hydrogen) atoms. The smallest absolute Gasteiger partial charge is 0.416 e. The highest BCUT2D eigenvalue weighted by atomic mass is 32.2. The van der Waals surface area contributed by atoms with Crippen LogP contribution in [0.4, 0.5) is 13.2 Å². The van der Waals surface area contributed by atoms with Crippen LogP contribution in [0, 0.1) is 0 Å². The number of hydrogen-bond donors (Lipinski definition) is 1. The summed E-state index contributed by atoms with van der Waals surface area (Å²) in [5, 5.41) is 0. The normalized spacial score (nSPS) is 16.2. The molecular weight excluding hydrogens is 355 g/mol. The number of alkyl halides is 3. The van der Waals surface area contributed by atoms with Crippen molar-refractivity contribution in [3.05, 3.63) is 35.4 Å². The summed E-state index contributed by atoms with van der Waals surface area (Å²) in [5.74, 6) is -0.599. The Morgan fingerprint density at radius 1 is 1.20 bits per heavy atom. The topological polar surface area (TPSA) is 55.4 Å². The largest absolute Gasteiger partial charge is 0.469 e. The molecule has 0 amide bonds. The summed E-state index contributed by atoms with van der Waals surface area (Å²) in [6.45, 7) is 6.93. The van der Waals surface area contributed by atoms with Gasteiger partial charge in [0.15, 0.2) is 0 Å². The van der Waals surface area contributed by atoms with E-state index in [-0.39, 0.29) is 18.4 Å². The Balaban J connectivity index is 3.44. The van der Waals surface area contributed by atoms with E-state index in [1.54, 1.807) is 27.7 Å². The summed E-state index contributed by atoms with van der Waals surface area (Å²) >= 11 is 0. The van der Waals surface area contributed by atoms with Crippen LogP contribution < -0.4 is 4.72 Å². The molecule has 0 saturated carbocycles. The van der Waals surface area contributed by atoms with Crippen molar-refractivity contribution >= 4 is 17.0 Å². The summed E-state index contributed by atoms with van der Waals surface area (Å²) in [5.41, 5.74) is -1.81. The maximum absolute atomic E-state index is 13.1. The van der Waals surface area contributed by atoms with Gasteiger partial charge in [0.05, 0.1) is 40.4 Å². The third kappa shape index (κ3) is 5.54. The lowest BCUT2D eigenvalue weighted by molar-refractivity contribution is -0.142. The number of benzene rings is 1. The van der Waals surface area contributed by atoms with E-state index in [9.17, 15) is 22.2 Å². The van der Waals surface area contributed by atoms with Crippen LogP contribution in [0.3, 0.4) is 0 Å². The van der Waals surface area contributed by atoms with Crippen LogP contribution >= 0.6 is 0 Å². The highest BCUT2D eigenvalue weighted by molar-refractivity contribution is 7.84. The number of methoxy groups -OCH3 is 1. The zero-order chi connectivity index (χ0) is 19.5. The predicted octanol–water partition coefficient (Wildman–Crippen LogP) is 3.93. The van der Waals surface area contributed by atoms with Crippen molar-refractivity contribution in [3.63, 3.8) is 0 Å². The first-order chi connectivity index (χ1) is 11.4. The predicted molar refractivity (Wildman–Crippen MR) is 91.1 cm³/mol. The molecule has 1 rings (SSSR count). The van der Waals surface area contributed by atoms with Gasteiger partial charge in [0.2, 0.25) is 0 Å². The van der Waals surface area contributed by atoms with Crippen LogP contribution in [0.25, 0.3) is 0 Å². The summed E-state index contributed by atoms with van der Waals surface area (Å²) in [4.78, 5) is 11.9. The summed E-state index contributed by atoms with van der Waals surface area (Å²) in [6.07, 6.45) is -4.49. The summed E-state index contributed by atoms with van der Waals surface area (Å²) < 4.78 is 58.7. The molecule has 8 heteroatoms. The second-order valence-electron chi connectivity index (χ2n) is 6.75. The van der Waals surface area contributed by atoms with Crippen LogP contribution in [0.15, 0.2) is 24.3 Å². The molecule has 0 aliphatic heterocycles. The van der Waals surface area contributed by atoms with E-state index in [0.717, 1.165) is 12.1 Å². The van der Waals surface area contributed by atoms with Crippen molar-refractivity contribution in [3.8, 4) is 0 Å². The number of carbonyl (C=O) groups is 1. The lowest BCUT2D eigenvalue weighted by Crippen LogP contribution is -2.49. The molecule has 2 atom stereocenters. The average Bonchev–Trinajstić information content (AvgIpc) is 2.52. The van der Waals surface area contributed by atoms with Crippen LogP contribution in [0.1, 0.15) is 51.7 Å². The molecule has 2 unspecified atom stereocenters. The first-order valence-electron chi connectivity index (χ1n) is 7.80. The van der Waals surface area contributed by atoms with Gasteiger partial charge in [-0.3, -0.25) is 4.79 Å². The Bertz CT molecular complexity index is 641. The number of rotatable bonds is 6. The molecule has 0 heterocycles. The fourth-order valence-corrected chi connectivity index (χ4v) is 3.24. The number of ether oxygens (including phenoxy) is 1. The van der Waals surface area contributed by atoms with Crippen molar-refractivity contribution in [2.24, 2.45) is 0 Å². The van der Waals surface area contributed by atoms with Gasteiger partial charge < -0.3 is 4.74 Å². The van der Waals surface area contributed by atoms with Gasteiger partial charge in [0, 0.05) is 0 Å². The zero-order valence-electron chi connectivity index (χ0n) is 15.0. The molecular formula is C17H24F3NO3S. The first-order valence-corrected chi connectivity index (χ1v) is 8.95. The van der Waals surface area contributed by atoms with Gasteiger partial charge in [-0.05, 0) is 44.9 Å². The number of nitrogens with one attached hydrogen (secondary N) is 1. The number of esters is 1. The van der Waals surface area contributed by atoms with E-state index in [4.69, 9.17) is 4.74 Å². The molecule has 0 radical (unpaired) electrons. The molecule has 0 fully saturated rings. The van der Waals surface area contributed by atoms with Crippen molar-refractivity contribution < 1.29 is 26.9 Å². The second kappa shape index (κ2) is 7.86. The molecule has 0 spiro atoms.